The van der Waals surface area contributed by atoms with Crippen LogP contribution in [0.2, 0.25) is 0 Å². The van der Waals surface area contributed by atoms with E-state index in [0.29, 0.717) is 19.4 Å². The Hall–Kier alpha value is -1.10. The van der Waals surface area contributed by atoms with Gasteiger partial charge in [0.15, 0.2) is 0 Å². The minimum Gasteiger partial charge on any atom is -0.468 e. The van der Waals surface area contributed by atoms with Crippen LogP contribution in [0, 0.1) is 5.92 Å². The number of nitrogens with one attached hydrogen (secondary N) is 1. The fourth-order valence-electron chi connectivity index (χ4n) is 1.91. The number of rotatable bonds is 3. The molecule has 2 atom stereocenters. The molecule has 0 bridgehead atoms. The molecule has 17 heavy (non-hydrogen) atoms. The quantitative estimate of drug-likeness (QED) is 0.745. The summed E-state index contributed by atoms with van der Waals surface area (Å²) in [5.74, 6) is -0.333. The average Bonchev–Trinajstić information content (AvgIpc) is 2.62. The maximum Gasteiger partial charge on any atom is 0.322 e. The summed E-state index contributed by atoms with van der Waals surface area (Å²) in [7, 11) is 1.37. The zero-order valence-corrected chi connectivity index (χ0v) is 10.9. The molecule has 98 valence electrons. The maximum atomic E-state index is 11.6. The van der Waals surface area contributed by atoms with Gasteiger partial charge in [-0.2, -0.15) is 0 Å². The van der Waals surface area contributed by atoms with Crippen LogP contribution < -0.4 is 5.32 Å². The fourth-order valence-corrected chi connectivity index (χ4v) is 1.91. The molecule has 1 fully saturated rings. The lowest BCUT2D eigenvalue weighted by Gasteiger charge is -2.20. The number of carbonyl (C=O) groups is 2. The van der Waals surface area contributed by atoms with Gasteiger partial charge in [-0.15, -0.1) is 0 Å². The van der Waals surface area contributed by atoms with Gasteiger partial charge >= 0.3 is 11.9 Å². The average molecular weight is 243 g/mol. The number of carbonyl (C=O) groups excluding carboxylic acids is 2. The Labute approximate surface area is 102 Å². The molecule has 0 aromatic rings. The first kappa shape index (κ1) is 14.0. The predicted octanol–water partition coefficient (Wildman–Crippen LogP) is 0.869. The molecule has 1 aliphatic rings. The number of esters is 2. The van der Waals surface area contributed by atoms with Gasteiger partial charge in [-0.05, 0) is 39.7 Å². The van der Waals surface area contributed by atoms with Crippen molar-refractivity contribution in [3.05, 3.63) is 0 Å². The molecule has 1 saturated heterocycles. The monoisotopic (exact) mass is 243 g/mol. The molecule has 0 spiro atoms. The lowest BCUT2D eigenvalue weighted by molar-refractivity contribution is -0.156. The molecule has 1 aliphatic heterocycles. The number of hydrogen-bond acceptors (Lipinski definition) is 5. The van der Waals surface area contributed by atoms with Crippen molar-refractivity contribution in [2.24, 2.45) is 5.92 Å². The molecule has 0 unspecified atom stereocenters. The standard InChI is InChI=1S/C12H21NO4/c1-12(2,3)17-10(14)6-8-5-9(13-7-8)11(15)16-4/h8-9,13H,5-7H2,1-4H3/t8-,9+/m1/s1. The lowest BCUT2D eigenvalue weighted by Crippen LogP contribution is -2.31. The van der Waals surface area contributed by atoms with E-state index in [9.17, 15) is 9.59 Å². The third kappa shape index (κ3) is 4.73. The van der Waals surface area contributed by atoms with Crippen molar-refractivity contribution in [2.45, 2.75) is 45.3 Å². The first-order valence-electron chi connectivity index (χ1n) is 5.85. The first-order valence-corrected chi connectivity index (χ1v) is 5.85. The van der Waals surface area contributed by atoms with Crippen molar-refractivity contribution in [2.75, 3.05) is 13.7 Å². The summed E-state index contributed by atoms with van der Waals surface area (Å²) < 4.78 is 9.89. The van der Waals surface area contributed by atoms with Crippen LogP contribution in [-0.4, -0.2) is 37.2 Å². The summed E-state index contributed by atoms with van der Waals surface area (Å²) in [5, 5.41) is 3.04. The van der Waals surface area contributed by atoms with Crippen molar-refractivity contribution in [3.63, 3.8) is 0 Å². The Morgan fingerprint density at radius 2 is 2.00 bits per heavy atom. The van der Waals surface area contributed by atoms with E-state index in [2.05, 4.69) is 10.1 Å². The van der Waals surface area contributed by atoms with Gasteiger partial charge in [-0.1, -0.05) is 0 Å². The van der Waals surface area contributed by atoms with Crippen molar-refractivity contribution in [3.8, 4) is 0 Å². The van der Waals surface area contributed by atoms with E-state index in [4.69, 9.17) is 4.74 Å². The molecule has 0 amide bonds. The highest BCUT2D eigenvalue weighted by Gasteiger charge is 2.32. The molecule has 5 nitrogen and oxygen atoms in total. The number of methoxy groups -OCH3 is 1. The molecule has 5 heteroatoms. The molecule has 0 radical (unpaired) electrons. The molecule has 0 aliphatic carbocycles. The van der Waals surface area contributed by atoms with Gasteiger partial charge in [0.1, 0.15) is 11.6 Å². The number of ether oxygens (including phenoxy) is 2. The third-order valence-corrected chi connectivity index (χ3v) is 2.58. The SMILES string of the molecule is COC(=O)[C@@H]1C[C@H](CC(=O)OC(C)(C)C)CN1. The minimum atomic E-state index is -0.454. The molecule has 1 rings (SSSR count). The van der Waals surface area contributed by atoms with E-state index >= 15 is 0 Å². The Balaban J connectivity index is 2.35. The van der Waals surface area contributed by atoms with Crippen molar-refractivity contribution in [1.82, 2.24) is 5.32 Å². The summed E-state index contributed by atoms with van der Waals surface area (Å²) in [6.07, 6.45) is 0.976. The molecule has 0 saturated carbocycles. The van der Waals surface area contributed by atoms with Crippen LogP contribution in [0.5, 0.6) is 0 Å². The normalized spacial score (nSPS) is 24.5. The molecule has 1 N–H and O–H groups in total. The zero-order chi connectivity index (χ0) is 13.1. The topological polar surface area (TPSA) is 64.6 Å². The Bertz CT molecular complexity index is 295. The number of hydrogen-bond donors (Lipinski definition) is 1. The van der Waals surface area contributed by atoms with E-state index in [1.165, 1.54) is 7.11 Å². The van der Waals surface area contributed by atoms with Gasteiger partial charge in [-0.3, -0.25) is 9.59 Å². The molecule has 1 heterocycles. The molecular weight excluding hydrogens is 222 g/mol. The van der Waals surface area contributed by atoms with Crippen LogP contribution in [0.4, 0.5) is 0 Å². The van der Waals surface area contributed by atoms with Crippen LogP contribution in [0.3, 0.4) is 0 Å². The van der Waals surface area contributed by atoms with Gasteiger partial charge in [0.25, 0.3) is 0 Å². The van der Waals surface area contributed by atoms with Gasteiger partial charge in [0, 0.05) is 6.42 Å². The van der Waals surface area contributed by atoms with Crippen LogP contribution >= 0.6 is 0 Å². The van der Waals surface area contributed by atoms with Crippen LogP contribution in [-0.2, 0) is 19.1 Å². The summed E-state index contributed by atoms with van der Waals surface area (Å²) in [6, 6.07) is -0.285. The highest BCUT2D eigenvalue weighted by Crippen LogP contribution is 2.20. The molecular formula is C12H21NO4. The predicted molar refractivity (Wildman–Crippen MR) is 62.4 cm³/mol. The van der Waals surface area contributed by atoms with Crippen molar-refractivity contribution in [1.29, 1.82) is 0 Å². The Morgan fingerprint density at radius 3 is 2.53 bits per heavy atom. The second kappa shape index (κ2) is 5.49. The maximum absolute atomic E-state index is 11.6. The van der Waals surface area contributed by atoms with Crippen LogP contribution in [0.15, 0.2) is 0 Å². The molecule has 0 aromatic heterocycles. The zero-order valence-electron chi connectivity index (χ0n) is 10.9. The summed E-state index contributed by atoms with van der Waals surface area (Å²) >= 11 is 0. The van der Waals surface area contributed by atoms with Crippen LogP contribution in [0.25, 0.3) is 0 Å². The third-order valence-electron chi connectivity index (χ3n) is 2.58. The Kier molecular flexibility index (Phi) is 4.51. The summed E-state index contributed by atoms with van der Waals surface area (Å²) in [5.41, 5.74) is -0.454. The van der Waals surface area contributed by atoms with E-state index in [0.717, 1.165) is 0 Å². The summed E-state index contributed by atoms with van der Waals surface area (Å²) in [6.45, 7) is 6.18. The van der Waals surface area contributed by atoms with Crippen LogP contribution in [0.1, 0.15) is 33.6 Å². The van der Waals surface area contributed by atoms with E-state index < -0.39 is 5.60 Å². The van der Waals surface area contributed by atoms with Gasteiger partial charge in [0.05, 0.1) is 7.11 Å². The highest BCUT2D eigenvalue weighted by atomic mass is 16.6. The molecule has 0 aromatic carbocycles. The second-order valence-corrected chi connectivity index (χ2v) is 5.38. The van der Waals surface area contributed by atoms with Crippen molar-refractivity contribution >= 4 is 11.9 Å². The second-order valence-electron chi connectivity index (χ2n) is 5.38. The van der Waals surface area contributed by atoms with Gasteiger partial charge in [0.2, 0.25) is 0 Å². The highest BCUT2D eigenvalue weighted by molar-refractivity contribution is 5.76. The fraction of sp³-hybridized carbons (Fsp3) is 0.833. The largest absolute Gasteiger partial charge is 0.468 e. The van der Waals surface area contributed by atoms with Gasteiger partial charge in [-0.25, -0.2) is 0 Å². The van der Waals surface area contributed by atoms with E-state index in [1.807, 2.05) is 20.8 Å². The lowest BCUT2D eigenvalue weighted by atomic mass is 10.0. The smallest absolute Gasteiger partial charge is 0.322 e. The van der Waals surface area contributed by atoms with Crippen molar-refractivity contribution < 1.29 is 19.1 Å². The van der Waals surface area contributed by atoms with E-state index in [-0.39, 0.29) is 23.9 Å². The summed E-state index contributed by atoms with van der Waals surface area (Å²) in [4.78, 5) is 22.9. The van der Waals surface area contributed by atoms with E-state index in [1.54, 1.807) is 0 Å². The first-order chi connectivity index (χ1) is 7.81. The Morgan fingerprint density at radius 1 is 1.35 bits per heavy atom. The van der Waals surface area contributed by atoms with Gasteiger partial charge < -0.3 is 14.8 Å². The minimum absolute atomic E-state index is 0.147.